The molecule has 2 aromatic carbocycles. The van der Waals surface area contributed by atoms with Gasteiger partial charge in [0.15, 0.2) is 5.82 Å². The second-order valence-electron chi connectivity index (χ2n) is 10.1. The molecule has 0 spiro atoms. The lowest BCUT2D eigenvalue weighted by Gasteiger charge is -2.23. The molecule has 1 aliphatic rings. The minimum atomic E-state index is -3.67. The lowest BCUT2D eigenvalue weighted by molar-refractivity contribution is 0.0494. The molecule has 1 atom stereocenters. The van der Waals surface area contributed by atoms with Crippen molar-refractivity contribution < 1.29 is 31.6 Å². The van der Waals surface area contributed by atoms with Gasteiger partial charge >= 0.3 is 6.09 Å². The van der Waals surface area contributed by atoms with E-state index in [0.717, 1.165) is 39.8 Å². The van der Waals surface area contributed by atoms with Gasteiger partial charge in [0.05, 0.1) is 55.7 Å². The van der Waals surface area contributed by atoms with E-state index < -0.39 is 16.2 Å². The Hall–Kier alpha value is -4.64. The van der Waals surface area contributed by atoms with Gasteiger partial charge in [0.1, 0.15) is 24.3 Å². The Labute approximate surface area is 251 Å². The Kier molecular flexibility index (Phi) is 9.34. The van der Waals surface area contributed by atoms with E-state index in [1.54, 1.807) is 23.0 Å². The molecule has 3 aromatic heterocycles. The first-order valence-electron chi connectivity index (χ1n) is 13.5. The molecule has 1 saturated heterocycles. The summed E-state index contributed by atoms with van der Waals surface area (Å²) in [6, 6.07) is 12.3. The number of fused-ring (bicyclic) bond motifs is 2. The van der Waals surface area contributed by atoms with E-state index >= 15 is 0 Å². The fourth-order valence-electron chi connectivity index (χ4n) is 4.66. The number of benzene rings is 2. The van der Waals surface area contributed by atoms with Crippen LogP contribution in [0.4, 0.5) is 26.4 Å². The normalized spacial score (nSPS) is 15.0. The van der Waals surface area contributed by atoms with Crippen LogP contribution in [-0.2, 0) is 26.1 Å². The van der Waals surface area contributed by atoms with Crippen LogP contribution in [0.2, 0.25) is 0 Å². The first-order chi connectivity index (χ1) is 21.0. The lowest BCUT2D eigenvalue weighted by atomic mass is 10.2. The highest BCUT2D eigenvalue weighted by molar-refractivity contribution is 7.85. The van der Waals surface area contributed by atoms with Crippen molar-refractivity contribution in [3.63, 3.8) is 0 Å². The minimum absolute atomic E-state index is 0.0221. The van der Waals surface area contributed by atoms with Gasteiger partial charge in [0.25, 0.3) is 10.1 Å². The Morgan fingerprint density at radius 2 is 2.07 bits per heavy atom. The summed E-state index contributed by atoms with van der Waals surface area (Å²) in [7, 11) is -3.67. The van der Waals surface area contributed by atoms with Crippen LogP contribution in [0.5, 0.6) is 0 Å². The standard InChI is InChI=1S/C27H27FN8O3.CH4O3S/c1-17-23(34-27(37)39-15-22-14-38-8-7-29-22)13-36-25(17)26(30-16-32-36)33-21-5-6-24-19(10-21)11-31-35(24)12-18-3-2-4-20(28)9-18;1-5(2,3)4/h2-6,9-11,13,16,22,29H,7-8,12,14-15H2,1H3,(H,34,37)(H,30,32,33);1H3,(H,2,3,4)/t22-;/m0./s1. The predicted octanol–water partition coefficient (Wildman–Crippen LogP) is 3.36. The third kappa shape index (κ3) is 8.04. The molecule has 16 heteroatoms. The van der Waals surface area contributed by atoms with E-state index in [-0.39, 0.29) is 18.5 Å². The molecule has 1 amide bonds. The number of ether oxygens (including phenoxy) is 2. The molecule has 232 valence electrons. The maximum Gasteiger partial charge on any atom is 0.411 e. The van der Waals surface area contributed by atoms with E-state index in [9.17, 15) is 17.6 Å². The molecule has 0 aliphatic carbocycles. The number of aryl methyl sites for hydroxylation is 1. The number of nitrogens with one attached hydrogen (secondary N) is 3. The Morgan fingerprint density at radius 3 is 2.82 bits per heavy atom. The van der Waals surface area contributed by atoms with Crippen molar-refractivity contribution in [3.05, 3.63) is 78.1 Å². The molecule has 14 nitrogen and oxygen atoms in total. The third-order valence-corrected chi connectivity index (χ3v) is 6.60. The topological polar surface area (TPSA) is 174 Å². The van der Waals surface area contributed by atoms with E-state index in [0.29, 0.717) is 37.5 Å². The van der Waals surface area contributed by atoms with E-state index in [4.69, 9.17) is 14.0 Å². The van der Waals surface area contributed by atoms with Gasteiger partial charge < -0.3 is 20.1 Å². The zero-order valence-electron chi connectivity index (χ0n) is 23.9. The number of halogens is 1. The van der Waals surface area contributed by atoms with Crippen molar-refractivity contribution in [2.75, 3.05) is 43.3 Å². The van der Waals surface area contributed by atoms with Crippen LogP contribution in [0.25, 0.3) is 16.4 Å². The van der Waals surface area contributed by atoms with E-state index in [2.05, 4.69) is 31.1 Å². The van der Waals surface area contributed by atoms with E-state index in [1.165, 1.54) is 18.5 Å². The average molecular weight is 627 g/mol. The number of hydrogen-bond acceptors (Lipinski definition) is 10. The van der Waals surface area contributed by atoms with Crippen LogP contribution in [0.1, 0.15) is 11.1 Å². The second-order valence-corrected chi connectivity index (χ2v) is 11.5. The summed E-state index contributed by atoms with van der Waals surface area (Å²) in [6.45, 7) is 4.46. The Balaban J connectivity index is 0.000000712. The van der Waals surface area contributed by atoms with Gasteiger partial charge in [-0.15, -0.1) is 0 Å². The molecule has 0 bridgehead atoms. The molecule has 0 saturated carbocycles. The van der Waals surface area contributed by atoms with Crippen molar-refractivity contribution in [1.29, 1.82) is 0 Å². The number of anilines is 3. The molecule has 4 N–H and O–H groups in total. The maximum atomic E-state index is 13.6. The zero-order chi connectivity index (χ0) is 31.3. The third-order valence-electron chi connectivity index (χ3n) is 6.60. The van der Waals surface area contributed by atoms with E-state index in [1.807, 2.05) is 35.9 Å². The summed E-state index contributed by atoms with van der Waals surface area (Å²) >= 11 is 0. The molecule has 0 radical (unpaired) electrons. The molecule has 4 heterocycles. The molecule has 1 fully saturated rings. The van der Waals surface area contributed by atoms with Gasteiger partial charge in [-0.05, 0) is 42.8 Å². The van der Waals surface area contributed by atoms with Crippen LogP contribution in [-0.4, -0.2) is 82.1 Å². The van der Waals surface area contributed by atoms with Crippen LogP contribution in [0, 0.1) is 12.7 Å². The summed E-state index contributed by atoms with van der Waals surface area (Å²) in [5.41, 5.74) is 4.66. The second kappa shape index (κ2) is 13.3. The number of carbonyl (C=O) groups is 1. The number of aromatic nitrogens is 5. The van der Waals surface area contributed by atoms with Crippen molar-refractivity contribution in [2.24, 2.45) is 0 Å². The lowest BCUT2D eigenvalue weighted by Crippen LogP contribution is -2.44. The van der Waals surface area contributed by atoms with Crippen molar-refractivity contribution >= 4 is 49.8 Å². The molecule has 6 rings (SSSR count). The average Bonchev–Trinajstić information content (AvgIpc) is 3.52. The fraction of sp³-hybridized carbons (Fsp3) is 0.286. The van der Waals surface area contributed by atoms with Crippen LogP contribution < -0.4 is 16.0 Å². The van der Waals surface area contributed by atoms with Crippen molar-refractivity contribution in [2.45, 2.75) is 19.5 Å². The summed E-state index contributed by atoms with van der Waals surface area (Å²) in [6.07, 6.45) is 5.11. The number of rotatable bonds is 7. The smallest absolute Gasteiger partial charge is 0.411 e. The molecular formula is C28H31FN8O6S. The number of amides is 1. The minimum Gasteiger partial charge on any atom is -0.448 e. The van der Waals surface area contributed by atoms with Gasteiger partial charge in [0.2, 0.25) is 0 Å². The highest BCUT2D eigenvalue weighted by atomic mass is 32.2. The number of carbonyl (C=O) groups excluding carboxylic acids is 1. The number of morpholine rings is 1. The summed E-state index contributed by atoms with van der Waals surface area (Å²) in [5.74, 6) is 0.313. The summed E-state index contributed by atoms with van der Waals surface area (Å²) < 4.78 is 53.7. The monoisotopic (exact) mass is 626 g/mol. The summed E-state index contributed by atoms with van der Waals surface area (Å²) in [4.78, 5) is 16.9. The van der Waals surface area contributed by atoms with Crippen LogP contribution >= 0.6 is 0 Å². The highest BCUT2D eigenvalue weighted by Gasteiger charge is 2.18. The largest absolute Gasteiger partial charge is 0.448 e. The Morgan fingerprint density at radius 1 is 1.25 bits per heavy atom. The Bertz CT molecular complexity index is 1880. The van der Waals surface area contributed by atoms with Gasteiger partial charge in [-0.2, -0.15) is 18.6 Å². The first kappa shape index (κ1) is 30.8. The molecular weight excluding hydrogens is 595 g/mol. The SMILES string of the molecule is CS(=O)(=O)O.Cc1c(NC(=O)OC[C@@H]2COCCN2)cn2ncnc(Nc3ccc4c(cnn4Cc4cccc(F)c4)c3)c12. The number of nitrogens with zero attached hydrogens (tertiary/aromatic N) is 5. The highest BCUT2D eigenvalue weighted by Crippen LogP contribution is 2.29. The summed E-state index contributed by atoms with van der Waals surface area (Å²) in [5, 5.41) is 19.1. The van der Waals surface area contributed by atoms with Crippen molar-refractivity contribution in [3.8, 4) is 0 Å². The van der Waals surface area contributed by atoms with Crippen LogP contribution in [0.15, 0.2) is 61.2 Å². The molecule has 1 aliphatic heterocycles. The van der Waals surface area contributed by atoms with Gasteiger partial charge in [-0.1, -0.05) is 12.1 Å². The predicted molar refractivity (Wildman–Crippen MR) is 161 cm³/mol. The zero-order valence-corrected chi connectivity index (χ0v) is 24.7. The van der Waals surface area contributed by atoms with Crippen LogP contribution in [0.3, 0.4) is 0 Å². The van der Waals surface area contributed by atoms with Gasteiger partial charge in [0, 0.05) is 23.2 Å². The molecule has 44 heavy (non-hydrogen) atoms. The first-order valence-corrected chi connectivity index (χ1v) is 15.4. The van der Waals surface area contributed by atoms with Crippen molar-refractivity contribution in [1.82, 2.24) is 29.7 Å². The quantitative estimate of drug-likeness (QED) is 0.195. The number of hydrogen-bond donors (Lipinski definition) is 4. The maximum absolute atomic E-state index is 13.6. The fourth-order valence-corrected chi connectivity index (χ4v) is 4.66. The molecule has 0 unspecified atom stereocenters. The molecule has 5 aromatic rings. The van der Waals surface area contributed by atoms with Gasteiger partial charge in [-0.3, -0.25) is 14.6 Å². The van der Waals surface area contributed by atoms with Gasteiger partial charge in [-0.25, -0.2) is 18.7 Å².